The van der Waals surface area contributed by atoms with Crippen molar-refractivity contribution in [2.24, 2.45) is 0 Å². The van der Waals surface area contributed by atoms with Gasteiger partial charge in [0.05, 0.1) is 17.8 Å². The van der Waals surface area contributed by atoms with Gasteiger partial charge in [-0.05, 0) is 31.9 Å². The Balaban J connectivity index is 3.35. The topological polar surface area (TPSA) is 17.1 Å². The molecule has 74 valence electrons. The van der Waals surface area contributed by atoms with E-state index in [0.717, 1.165) is 16.7 Å². The lowest BCUT2D eigenvalue weighted by molar-refractivity contribution is 0.108. The van der Waals surface area contributed by atoms with E-state index in [1.165, 1.54) is 5.56 Å². The van der Waals surface area contributed by atoms with Gasteiger partial charge >= 0.3 is 11.4 Å². The molecule has 0 fully saturated rings. The molecule has 0 aromatic heterocycles. The molecule has 0 radical (unpaired) electrons. The summed E-state index contributed by atoms with van der Waals surface area (Å²) >= 11 is 8.97. The fourth-order valence-electron chi connectivity index (χ4n) is 1.61. The number of benzene rings is 1. The highest BCUT2D eigenvalue weighted by Gasteiger charge is 2.24. The molecule has 0 N–H and O–H groups in total. The third-order valence-corrected chi connectivity index (χ3v) is 3.68. The zero-order valence-corrected chi connectivity index (χ0v) is 11.0. The monoisotopic (exact) mass is 243 g/mol. The summed E-state index contributed by atoms with van der Waals surface area (Å²) in [6.45, 7) is 5.90. The van der Waals surface area contributed by atoms with Gasteiger partial charge in [-0.3, -0.25) is 0 Å². The zero-order valence-electron chi connectivity index (χ0n) is 8.37. The van der Waals surface area contributed by atoms with Crippen LogP contribution in [-0.2, 0) is 11.8 Å². The maximum Gasteiger partial charge on any atom is 0.379 e. The summed E-state index contributed by atoms with van der Waals surface area (Å²) in [5.74, 6) is -1.24. The Kier molecular flexibility index (Phi) is 3.82. The second kappa shape index (κ2) is 4.52. The average Bonchev–Trinajstić information content (AvgIpc) is 2.01. The maximum atomic E-state index is 11.7. The highest BCUT2D eigenvalue weighted by atomic mass is 32.9. The molecule has 0 heterocycles. The van der Waals surface area contributed by atoms with Crippen LogP contribution < -0.4 is 0 Å². The standard InChI is InChI=1S/C10H11OPS2/c1-6-4-7(2)9(8(3)5-6)10(11)12(13)14/h4-5H,1-3H3/p+1. The minimum Gasteiger partial charge on any atom is -0.236 e. The predicted octanol–water partition coefficient (Wildman–Crippen LogP) is 3.54. The van der Waals surface area contributed by atoms with E-state index < -0.39 is 5.90 Å². The summed E-state index contributed by atoms with van der Waals surface area (Å²) in [6, 6.07) is 4.00. The van der Waals surface area contributed by atoms with Gasteiger partial charge in [-0.1, -0.05) is 17.7 Å². The summed E-state index contributed by atoms with van der Waals surface area (Å²) in [4.78, 5) is 11.7. The van der Waals surface area contributed by atoms with Crippen molar-refractivity contribution < 1.29 is 4.79 Å². The number of rotatable bonds is 2. The van der Waals surface area contributed by atoms with Gasteiger partial charge in [0.15, 0.2) is 11.8 Å². The first-order valence-corrected chi connectivity index (χ1v) is 7.72. The normalized spacial score (nSPS) is 11.3. The number of thiol groups is 1. The molecule has 0 spiro atoms. The van der Waals surface area contributed by atoms with E-state index >= 15 is 0 Å². The Morgan fingerprint density at radius 1 is 1.29 bits per heavy atom. The van der Waals surface area contributed by atoms with Gasteiger partial charge in [0, 0.05) is 0 Å². The molecule has 0 bridgehead atoms. The Labute approximate surface area is 95.5 Å². The Bertz CT molecular complexity index is 390. The molecule has 1 aromatic carbocycles. The Hall–Kier alpha value is -0.240. The molecule has 4 heteroatoms. The summed E-state index contributed by atoms with van der Waals surface area (Å²) < 4.78 is 0. The SMILES string of the molecule is Cc1cc(C)c(C(=O)[P+](=S)S)c(C)c1. The molecule has 1 atom stereocenters. The van der Waals surface area contributed by atoms with E-state index in [1.54, 1.807) is 0 Å². The minimum atomic E-state index is -1.24. The van der Waals surface area contributed by atoms with Gasteiger partial charge in [0.1, 0.15) is 0 Å². The third-order valence-electron chi connectivity index (χ3n) is 2.06. The van der Waals surface area contributed by atoms with Crippen molar-refractivity contribution in [1.82, 2.24) is 0 Å². The van der Waals surface area contributed by atoms with Crippen molar-refractivity contribution in [3.63, 3.8) is 0 Å². The first-order valence-electron chi connectivity index (χ1n) is 4.22. The molecule has 0 aliphatic heterocycles. The third kappa shape index (κ3) is 2.41. The van der Waals surface area contributed by atoms with Crippen molar-refractivity contribution >= 4 is 35.5 Å². The number of hydrogen-bond donors (Lipinski definition) is 1. The minimum absolute atomic E-state index is 0.00617. The van der Waals surface area contributed by atoms with Crippen molar-refractivity contribution in [2.75, 3.05) is 0 Å². The van der Waals surface area contributed by atoms with Crippen LogP contribution in [0, 0.1) is 20.8 Å². The van der Waals surface area contributed by atoms with E-state index in [9.17, 15) is 4.79 Å². The summed E-state index contributed by atoms with van der Waals surface area (Å²) in [5, 5.41) is 0. The second-order valence-electron chi connectivity index (χ2n) is 3.35. The smallest absolute Gasteiger partial charge is 0.236 e. The van der Waals surface area contributed by atoms with Gasteiger partial charge in [-0.2, -0.15) is 0 Å². The van der Waals surface area contributed by atoms with E-state index in [4.69, 9.17) is 11.8 Å². The Morgan fingerprint density at radius 2 is 1.71 bits per heavy atom. The van der Waals surface area contributed by atoms with Crippen LogP contribution in [0.25, 0.3) is 0 Å². The molecule has 1 aromatic rings. The summed E-state index contributed by atoms with van der Waals surface area (Å²) in [5.41, 5.74) is 3.92. The van der Waals surface area contributed by atoms with E-state index in [2.05, 4.69) is 12.2 Å². The Morgan fingerprint density at radius 3 is 2.07 bits per heavy atom. The molecule has 0 saturated heterocycles. The highest BCUT2D eigenvalue weighted by Crippen LogP contribution is 2.34. The first-order chi connectivity index (χ1) is 6.43. The van der Waals surface area contributed by atoms with Crippen molar-refractivity contribution in [3.8, 4) is 0 Å². The molecule has 0 aliphatic rings. The number of aryl methyl sites for hydroxylation is 3. The molecule has 0 aliphatic carbocycles. The van der Waals surface area contributed by atoms with Gasteiger partial charge in [-0.15, -0.1) is 0 Å². The van der Waals surface area contributed by atoms with Crippen molar-refractivity contribution in [3.05, 3.63) is 34.4 Å². The zero-order chi connectivity index (χ0) is 10.9. The first kappa shape index (κ1) is 11.8. The van der Waals surface area contributed by atoms with E-state index in [0.29, 0.717) is 0 Å². The summed E-state index contributed by atoms with van der Waals surface area (Å²) in [7, 11) is 0. The second-order valence-corrected chi connectivity index (χ2v) is 7.41. The molecule has 1 unspecified atom stereocenters. The molecule has 0 amide bonds. The molecule has 1 rings (SSSR count). The van der Waals surface area contributed by atoms with Crippen molar-refractivity contribution in [1.29, 1.82) is 0 Å². The van der Waals surface area contributed by atoms with Crippen LogP contribution in [0.2, 0.25) is 0 Å². The maximum absolute atomic E-state index is 11.7. The number of hydrogen-bond acceptors (Lipinski definition) is 2. The van der Waals surface area contributed by atoms with Crippen LogP contribution >= 0.6 is 18.1 Å². The van der Waals surface area contributed by atoms with Crippen LogP contribution in [0.1, 0.15) is 27.0 Å². The lowest BCUT2D eigenvalue weighted by Crippen LogP contribution is -1.99. The van der Waals surface area contributed by atoms with E-state index in [-0.39, 0.29) is 5.52 Å². The van der Waals surface area contributed by atoms with Gasteiger partial charge in [0.25, 0.3) is 0 Å². The number of carbonyl (C=O) groups excluding carboxylic acids is 1. The van der Waals surface area contributed by atoms with E-state index in [1.807, 2.05) is 32.9 Å². The largest absolute Gasteiger partial charge is 0.379 e. The predicted molar refractivity (Wildman–Crippen MR) is 68.3 cm³/mol. The molecular weight excluding hydrogens is 231 g/mol. The fraction of sp³-hybridized carbons (Fsp3) is 0.300. The molecular formula is C10H12OPS2+. The lowest BCUT2D eigenvalue weighted by Gasteiger charge is -2.04. The quantitative estimate of drug-likeness (QED) is 0.632. The lowest BCUT2D eigenvalue weighted by atomic mass is 10.0. The van der Waals surface area contributed by atoms with Crippen LogP contribution in [-0.4, -0.2) is 5.52 Å². The fourth-order valence-corrected chi connectivity index (χ4v) is 2.73. The van der Waals surface area contributed by atoms with Crippen LogP contribution in [0.3, 0.4) is 0 Å². The van der Waals surface area contributed by atoms with Gasteiger partial charge < -0.3 is 0 Å². The molecule has 1 nitrogen and oxygen atoms in total. The van der Waals surface area contributed by atoms with Crippen molar-refractivity contribution in [2.45, 2.75) is 20.8 Å². The molecule has 14 heavy (non-hydrogen) atoms. The van der Waals surface area contributed by atoms with Crippen LogP contribution in [0.4, 0.5) is 0 Å². The average molecular weight is 243 g/mol. The van der Waals surface area contributed by atoms with Gasteiger partial charge in [-0.25, -0.2) is 4.79 Å². The highest BCUT2D eigenvalue weighted by molar-refractivity contribution is 8.61. The molecule has 0 saturated carbocycles. The summed E-state index contributed by atoms with van der Waals surface area (Å²) in [6.07, 6.45) is 0. The number of carbonyl (C=O) groups is 1. The van der Waals surface area contributed by atoms with Crippen LogP contribution in [0.15, 0.2) is 12.1 Å². The van der Waals surface area contributed by atoms with Crippen LogP contribution in [0.5, 0.6) is 0 Å². The van der Waals surface area contributed by atoms with Gasteiger partial charge in [0.2, 0.25) is 0 Å².